The first-order chi connectivity index (χ1) is 13.6. The lowest BCUT2D eigenvalue weighted by molar-refractivity contribution is -0.114. The van der Waals surface area contributed by atoms with Crippen LogP contribution < -0.4 is 25.4 Å². The van der Waals surface area contributed by atoms with E-state index in [2.05, 4.69) is 26.9 Å². The molecule has 0 fully saturated rings. The van der Waals surface area contributed by atoms with E-state index in [0.29, 0.717) is 35.3 Å². The number of terminal acetylenes is 1. The summed E-state index contributed by atoms with van der Waals surface area (Å²) in [7, 11) is 3.15. The van der Waals surface area contributed by atoms with Gasteiger partial charge < -0.3 is 25.4 Å². The molecule has 1 amide bonds. The van der Waals surface area contributed by atoms with Crippen LogP contribution in [0.3, 0.4) is 0 Å². The number of methoxy groups -OCH3 is 2. The number of carbonyl (C=O) groups is 1. The maximum atomic E-state index is 12.2. The Balaban J connectivity index is 2.05. The van der Waals surface area contributed by atoms with E-state index in [4.69, 9.17) is 15.9 Å². The summed E-state index contributed by atoms with van der Waals surface area (Å²) in [5.41, 5.74) is 2.08. The predicted octanol–water partition coefficient (Wildman–Crippen LogP) is 2.70. The number of rotatable bonds is 7. The largest absolute Gasteiger partial charge is 0.493 e. The Kier molecular flexibility index (Phi) is 7.73. The number of guanidine groups is 1. The summed E-state index contributed by atoms with van der Waals surface area (Å²) in [6.07, 6.45) is 5.38. The van der Waals surface area contributed by atoms with Crippen molar-refractivity contribution in [3.05, 3.63) is 48.0 Å². The zero-order chi connectivity index (χ0) is 20.4. The van der Waals surface area contributed by atoms with Crippen LogP contribution in [0, 0.1) is 12.3 Å². The first kappa shape index (κ1) is 20.6. The Bertz CT molecular complexity index is 887. The fraction of sp³-hybridized carbons (Fsp3) is 0.238. The third-order valence-electron chi connectivity index (χ3n) is 3.68. The maximum Gasteiger partial charge on any atom is 0.246 e. The Morgan fingerprint density at radius 1 is 1.07 bits per heavy atom. The number of nitrogens with one attached hydrogen (secondary N) is 3. The Hall–Kier alpha value is -3.66. The van der Waals surface area contributed by atoms with E-state index in [1.165, 1.54) is 0 Å². The van der Waals surface area contributed by atoms with Crippen LogP contribution in [0.5, 0.6) is 11.5 Å². The molecule has 0 saturated heterocycles. The molecule has 146 valence electrons. The summed E-state index contributed by atoms with van der Waals surface area (Å²) < 4.78 is 10.5. The van der Waals surface area contributed by atoms with Crippen LogP contribution in [-0.4, -0.2) is 39.2 Å². The summed E-state index contributed by atoms with van der Waals surface area (Å²) in [5.74, 6) is 3.98. The van der Waals surface area contributed by atoms with Crippen molar-refractivity contribution < 1.29 is 14.3 Å². The van der Waals surface area contributed by atoms with Gasteiger partial charge in [0.15, 0.2) is 17.5 Å². The van der Waals surface area contributed by atoms with Crippen molar-refractivity contribution in [2.24, 2.45) is 4.99 Å². The zero-order valence-corrected chi connectivity index (χ0v) is 16.2. The molecule has 2 aromatic carbocycles. The fourth-order valence-corrected chi connectivity index (χ4v) is 2.40. The van der Waals surface area contributed by atoms with Crippen molar-refractivity contribution in [1.29, 1.82) is 0 Å². The molecule has 0 heterocycles. The normalized spacial score (nSPS) is 10.6. The molecule has 0 saturated carbocycles. The van der Waals surface area contributed by atoms with Gasteiger partial charge in [0, 0.05) is 29.5 Å². The molecule has 0 unspecified atom stereocenters. The molecule has 7 heteroatoms. The van der Waals surface area contributed by atoms with Crippen LogP contribution >= 0.6 is 0 Å². The highest BCUT2D eigenvalue weighted by molar-refractivity contribution is 5.98. The quantitative estimate of drug-likeness (QED) is 0.391. The van der Waals surface area contributed by atoms with Gasteiger partial charge >= 0.3 is 0 Å². The van der Waals surface area contributed by atoms with E-state index < -0.39 is 0 Å². The standard InChI is InChI=1S/C21H24N4O3/c1-5-15-8-7-9-16(12-15)24-20(26)14-23-21(22-6-2)25-17-10-11-18(27-3)19(13-17)28-4/h1,7-13H,6,14H2,2-4H3,(H,24,26)(H2,22,23,25). The monoisotopic (exact) mass is 380 g/mol. The molecule has 0 atom stereocenters. The van der Waals surface area contributed by atoms with Crippen LogP contribution in [-0.2, 0) is 4.79 Å². The van der Waals surface area contributed by atoms with Gasteiger partial charge in [-0.1, -0.05) is 12.0 Å². The van der Waals surface area contributed by atoms with Gasteiger partial charge in [-0.2, -0.15) is 0 Å². The molecule has 28 heavy (non-hydrogen) atoms. The molecule has 0 radical (unpaired) electrons. The average molecular weight is 380 g/mol. The molecule has 0 aliphatic rings. The van der Waals surface area contributed by atoms with Crippen LogP contribution in [0.1, 0.15) is 12.5 Å². The van der Waals surface area contributed by atoms with Crippen LogP contribution in [0.2, 0.25) is 0 Å². The maximum absolute atomic E-state index is 12.2. The van der Waals surface area contributed by atoms with Crippen molar-refractivity contribution in [2.45, 2.75) is 6.92 Å². The summed E-state index contributed by atoms with van der Waals surface area (Å²) in [6, 6.07) is 12.5. The first-order valence-electron chi connectivity index (χ1n) is 8.73. The molecular formula is C21H24N4O3. The van der Waals surface area contributed by atoms with E-state index in [1.54, 1.807) is 50.6 Å². The molecule has 0 spiro atoms. The highest BCUT2D eigenvalue weighted by atomic mass is 16.5. The number of hydrogen-bond donors (Lipinski definition) is 3. The summed E-state index contributed by atoms with van der Waals surface area (Å²) in [4.78, 5) is 16.5. The smallest absolute Gasteiger partial charge is 0.246 e. The number of hydrogen-bond acceptors (Lipinski definition) is 4. The van der Waals surface area contributed by atoms with Crippen molar-refractivity contribution >= 4 is 23.2 Å². The molecule has 0 aliphatic heterocycles. The second-order valence-electron chi connectivity index (χ2n) is 5.66. The minimum atomic E-state index is -0.251. The predicted molar refractivity (Wildman–Crippen MR) is 112 cm³/mol. The molecule has 7 nitrogen and oxygen atoms in total. The molecule has 0 aromatic heterocycles. The van der Waals surface area contributed by atoms with Crippen LogP contribution in [0.4, 0.5) is 11.4 Å². The molecule has 0 aliphatic carbocycles. The van der Waals surface area contributed by atoms with Crippen molar-refractivity contribution in [3.8, 4) is 23.8 Å². The Morgan fingerprint density at radius 2 is 1.82 bits per heavy atom. The number of nitrogens with zero attached hydrogens (tertiary/aromatic N) is 1. The average Bonchev–Trinajstić information content (AvgIpc) is 2.72. The number of carbonyl (C=O) groups excluding carboxylic acids is 1. The lowest BCUT2D eigenvalue weighted by Crippen LogP contribution is -2.31. The number of amides is 1. The highest BCUT2D eigenvalue weighted by Gasteiger charge is 2.07. The van der Waals surface area contributed by atoms with E-state index >= 15 is 0 Å². The molecule has 3 N–H and O–H groups in total. The van der Waals surface area contributed by atoms with Gasteiger partial charge in [0.25, 0.3) is 0 Å². The topological polar surface area (TPSA) is 84.0 Å². The third-order valence-corrected chi connectivity index (χ3v) is 3.68. The molecular weight excluding hydrogens is 356 g/mol. The van der Waals surface area contributed by atoms with E-state index in [9.17, 15) is 4.79 Å². The van der Waals surface area contributed by atoms with E-state index in [0.717, 1.165) is 5.69 Å². The Morgan fingerprint density at radius 3 is 2.50 bits per heavy atom. The first-order valence-corrected chi connectivity index (χ1v) is 8.73. The van der Waals surface area contributed by atoms with Gasteiger partial charge in [0.2, 0.25) is 5.91 Å². The fourth-order valence-electron chi connectivity index (χ4n) is 2.40. The van der Waals surface area contributed by atoms with E-state index in [1.807, 2.05) is 13.0 Å². The SMILES string of the molecule is C#Cc1cccc(NC(=O)CN=C(NCC)Nc2ccc(OC)c(OC)c2)c1. The second-order valence-corrected chi connectivity index (χ2v) is 5.66. The molecule has 2 aromatic rings. The molecule has 2 rings (SSSR count). The van der Waals surface area contributed by atoms with Gasteiger partial charge in [-0.15, -0.1) is 6.42 Å². The number of aliphatic imine (C=N–C) groups is 1. The minimum Gasteiger partial charge on any atom is -0.493 e. The summed E-state index contributed by atoms with van der Waals surface area (Å²) in [6.45, 7) is 2.53. The van der Waals surface area contributed by atoms with Gasteiger partial charge in [0.1, 0.15) is 6.54 Å². The van der Waals surface area contributed by atoms with Crippen molar-refractivity contribution in [2.75, 3.05) is 37.9 Å². The Labute approximate surface area is 165 Å². The molecule has 0 bridgehead atoms. The van der Waals surface area contributed by atoms with Crippen molar-refractivity contribution in [1.82, 2.24) is 5.32 Å². The number of anilines is 2. The van der Waals surface area contributed by atoms with Crippen LogP contribution in [0.25, 0.3) is 0 Å². The number of ether oxygens (including phenoxy) is 2. The van der Waals surface area contributed by atoms with Gasteiger partial charge in [-0.25, -0.2) is 4.99 Å². The summed E-state index contributed by atoms with van der Waals surface area (Å²) in [5, 5.41) is 9.01. The van der Waals surface area contributed by atoms with E-state index in [-0.39, 0.29) is 12.5 Å². The zero-order valence-electron chi connectivity index (χ0n) is 16.2. The lowest BCUT2D eigenvalue weighted by Gasteiger charge is -2.14. The second kappa shape index (κ2) is 10.5. The van der Waals surface area contributed by atoms with Gasteiger partial charge in [0.05, 0.1) is 14.2 Å². The summed E-state index contributed by atoms with van der Waals surface area (Å²) >= 11 is 0. The van der Waals surface area contributed by atoms with Gasteiger partial charge in [-0.05, 0) is 37.3 Å². The van der Waals surface area contributed by atoms with Crippen molar-refractivity contribution in [3.63, 3.8) is 0 Å². The lowest BCUT2D eigenvalue weighted by atomic mass is 10.2. The number of benzene rings is 2. The third kappa shape index (κ3) is 5.95. The minimum absolute atomic E-state index is 0.0527. The highest BCUT2D eigenvalue weighted by Crippen LogP contribution is 2.29. The van der Waals surface area contributed by atoms with Gasteiger partial charge in [-0.3, -0.25) is 4.79 Å². The van der Waals surface area contributed by atoms with Crippen LogP contribution in [0.15, 0.2) is 47.5 Å².